The van der Waals surface area contributed by atoms with Gasteiger partial charge in [-0.05, 0) is 95.4 Å². The number of methoxy groups -OCH3 is 2. The molecule has 2 heterocycles. The number of esters is 2. The van der Waals surface area contributed by atoms with Crippen LogP contribution < -0.4 is 29.1 Å². The second-order valence-electron chi connectivity index (χ2n) is 8.31. The molecule has 9 nitrogen and oxygen atoms in total. The molecule has 0 fully saturated rings. The maximum Gasteiger partial charge on any atom is 0.338 e. The quantitative estimate of drug-likeness (QED) is 0.204. The molecule has 1 atom stereocenters. The van der Waals surface area contributed by atoms with Gasteiger partial charge in [-0.2, -0.15) is 0 Å². The third-order valence-corrected chi connectivity index (χ3v) is 8.23. The maximum absolute atomic E-state index is 14.0. The number of carbonyl (C=O) groups excluding carboxylic acids is 2. The number of halogens is 2. The Morgan fingerprint density at radius 2 is 1.90 bits per heavy atom. The second-order valence-corrected chi connectivity index (χ2v) is 11.7. The predicted octanol–water partition coefficient (Wildman–Crippen LogP) is 3.95. The first kappa shape index (κ1) is 29.3. The number of aromatic nitrogens is 1. The van der Waals surface area contributed by atoms with E-state index in [1.54, 1.807) is 38.1 Å². The lowest BCUT2D eigenvalue weighted by molar-refractivity contribution is -0.139. The summed E-state index contributed by atoms with van der Waals surface area (Å²) in [5.74, 6) is 0.322. The lowest BCUT2D eigenvalue weighted by Gasteiger charge is -2.26. The molecule has 4 rings (SSSR count). The van der Waals surface area contributed by atoms with Gasteiger partial charge in [-0.25, -0.2) is 9.79 Å². The van der Waals surface area contributed by atoms with Crippen LogP contribution in [0.25, 0.3) is 6.08 Å². The van der Waals surface area contributed by atoms with Crippen LogP contribution in [-0.2, 0) is 14.3 Å². The van der Waals surface area contributed by atoms with E-state index in [0.717, 1.165) is 7.14 Å². The minimum atomic E-state index is -0.878. The zero-order valence-electron chi connectivity index (χ0n) is 21.7. The predicted molar refractivity (Wildman–Crippen MR) is 163 cm³/mol. The van der Waals surface area contributed by atoms with Crippen molar-refractivity contribution < 1.29 is 28.5 Å². The Balaban J connectivity index is 2.04. The fourth-order valence-corrected chi connectivity index (χ4v) is 7.26. The summed E-state index contributed by atoms with van der Waals surface area (Å²) in [6.07, 6.45) is 1.68. The molecule has 1 aliphatic heterocycles. The molecule has 0 saturated carbocycles. The molecule has 2 aromatic carbocycles. The zero-order chi connectivity index (χ0) is 28.4. The Morgan fingerprint density at radius 1 is 1.15 bits per heavy atom. The fourth-order valence-electron chi connectivity index (χ4n) is 4.22. The van der Waals surface area contributed by atoms with E-state index >= 15 is 0 Å². The van der Waals surface area contributed by atoms with E-state index in [9.17, 15) is 14.4 Å². The monoisotopic (exact) mass is 774 g/mol. The summed E-state index contributed by atoms with van der Waals surface area (Å²) >= 11 is 5.44. The number of thiazole rings is 1. The Labute approximate surface area is 255 Å². The summed E-state index contributed by atoms with van der Waals surface area (Å²) in [6.45, 7) is 4.91. The van der Waals surface area contributed by atoms with Gasteiger partial charge < -0.3 is 18.9 Å². The SMILES string of the molecule is CCOC(=O)C1=C(C)N=c2s/c(=C\c3cc(I)cc(I)c3OC(C)=O)c(=O)n2[C@H]1c1cc(OC)ccc1OC. The third kappa shape index (κ3) is 5.91. The molecule has 0 amide bonds. The van der Waals surface area contributed by atoms with Crippen LogP contribution in [0.3, 0.4) is 0 Å². The molecule has 0 N–H and O–H groups in total. The number of hydrogen-bond acceptors (Lipinski definition) is 9. The van der Waals surface area contributed by atoms with Crippen molar-refractivity contribution in [1.82, 2.24) is 4.57 Å². The average molecular weight is 774 g/mol. The Hall–Kier alpha value is -2.72. The van der Waals surface area contributed by atoms with E-state index in [1.807, 2.05) is 12.1 Å². The second kappa shape index (κ2) is 12.2. The smallest absolute Gasteiger partial charge is 0.338 e. The summed E-state index contributed by atoms with van der Waals surface area (Å²) in [6, 6.07) is 8.03. The Morgan fingerprint density at radius 3 is 2.54 bits per heavy atom. The number of hydrogen-bond donors (Lipinski definition) is 0. The molecule has 204 valence electrons. The van der Waals surface area contributed by atoms with Crippen LogP contribution in [0.5, 0.6) is 17.2 Å². The van der Waals surface area contributed by atoms with Crippen LogP contribution in [0.2, 0.25) is 0 Å². The molecule has 3 aromatic rings. The normalized spacial score (nSPS) is 14.9. The minimum absolute atomic E-state index is 0.159. The van der Waals surface area contributed by atoms with Gasteiger partial charge in [-0.1, -0.05) is 11.3 Å². The lowest BCUT2D eigenvalue weighted by atomic mass is 9.94. The number of fused-ring (bicyclic) bond motifs is 1. The van der Waals surface area contributed by atoms with Crippen LogP contribution in [0, 0.1) is 7.14 Å². The maximum atomic E-state index is 14.0. The lowest BCUT2D eigenvalue weighted by Crippen LogP contribution is -2.40. The first-order valence-electron chi connectivity index (χ1n) is 11.7. The van der Waals surface area contributed by atoms with Crippen LogP contribution >= 0.6 is 56.5 Å². The molecule has 0 bridgehead atoms. The molecular weight excluding hydrogens is 750 g/mol. The zero-order valence-corrected chi connectivity index (χ0v) is 26.8. The van der Waals surface area contributed by atoms with Crippen molar-refractivity contribution in [3.63, 3.8) is 0 Å². The van der Waals surface area contributed by atoms with Gasteiger partial charge in [-0.3, -0.25) is 14.2 Å². The van der Waals surface area contributed by atoms with Gasteiger partial charge in [0, 0.05) is 21.6 Å². The number of ether oxygens (including phenoxy) is 4. The first-order chi connectivity index (χ1) is 18.6. The Kier molecular flexibility index (Phi) is 9.16. The number of nitrogens with zero attached hydrogens (tertiary/aromatic N) is 2. The molecule has 0 saturated heterocycles. The summed E-state index contributed by atoms with van der Waals surface area (Å²) in [4.78, 5) is 44.0. The van der Waals surface area contributed by atoms with Gasteiger partial charge >= 0.3 is 11.9 Å². The topological polar surface area (TPSA) is 105 Å². The molecule has 1 aliphatic rings. The first-order valence-corrected chi connectivity index (χ1v) is 14.7. The van der Waals surface area contributed by atoms with Crippen LogP contribution in [0.15, 0.2) is 51.4 Å². The number of rotatable bonds is 7. The van der Waals surface area contributed by atoms with Crippen molar-refractivity contribution >= 4 is 74.5 Å². The van der Waals surface area contributed by atoms with E-state index in [0.29, 0.717) is 43.4 Å². The van der Waals surface area contributed by atoms with Gasteiger partial charge in [0.1, 0.15) is 17.5 Å². The van der Waals surface area contributed by atoms with Crippen molar-refractivity contribution in [3.8, 4) is 17.2 Å². The molecule has 39 heavy (non-hydrogen) atoms. The molecule has 0 aliphatic carbocycles. The van der Waals surface area contributed by atoms with E-state index in [1.165, 1.54) is 37.0 Å². The highest BCUT2D eigenvalue weighted by molar-refractivity contribution is 14.1. The molecule has 1 aromatic heterocycles. The third-order valence-electron chi connectivity index (χ3n) is 5.82. The molecule has 0 spiro atoms. The molecule has 0 unspecified atom stereocenters. The van der Waals surface area contributed by atoms with E-state index < -0.39 is 18.0 Å². The number of benzene rings is 2. The summed E-state index contributed by atoms with van der Waals surface area (Å²) in [7, 11) is 3.05. The number of carbonyl (C=O) groups is 2. The average Bonchev–Trinajstić information content (AvgIpc) is 3.18. The van der Waals surface area contributed by atoms with Crippen molar-refractivity contribution in [2.45, 2.75) is 26.8 Å². The van der Waals surface area contributed by atoms with Gasteiger partial charge in [0.05, 0.1) is 40.2 Å². The van der Waals surface area contributed by atoms with Gasteiger partial charge in [0.25, 0.3) is 5.56 Å². The standard InChI is InChI=1S/C27H24I2N2O7S/c1-6-37-26(34)22-13(2)30-27-31(23(22)18-12-17(35-4)7-8-20(18)36-5)25(33)21(39-27)10-15-9-16(28)11-19(29)24(15)38-14(3)32/h7-12,23H,6H2,1-5H3/b21-10-/t23-/m0/s1. The van der Waals surface area contributed by atoms with Crippen molar-refractivity contribution in [3.05, 3.63) is 79.6 Å². The number of allylic oxidation sites excluding steroid dienone is 1. The van der Waals surface area contributed by atoms with E-state index in [4.69, 9.17) is 18.9 Å². The highest BCUT2D eigenvalue weighted by atomic mass is 127. The van der Waals surface area contributed by atoms with Gasteiger partial charge in [-0.15, -0.1) is 0 Å². The fraction of sp³-hybridized carbons (Fsp3) is 0.259. The van der Waals surface area contributed by atoms with Crippen molar-refractivity contribution in [2.24, 2.45) is 4.99 Å². The van der Waals surface area contributed by atoms with E-state index in [-0.39, 0.29) is 17.7 Å². The van der Waals surface area contributed by atoms with Crippen LogP contribution in [0.4, 0.5) is 0 Å². The Bertz CT molecular complexity index is 1690. The highest BCUT2D eigenvalue weighted by Gasteiger charge is 2.35. The van der Waals surface area contributed by atoms with Crippen LogP contribution in [-0.4, -0.2) is 37.3 Å². The van der Waals surface area contributed by atoms with Crippen molar-refractivity contribution in [1.29, 1.82) is 0 Å². The van der Waals surface area contributed by atoms with Crippen molar-refractivity contribution in [2.75, 3.05) is 20.8 Å². The van der Waals surface area contributed by atoms with Gasteiger partial charge in [0.15, 0.2) is 10.6 Å². The summed E-state index contributed by atoms with van der Waals surface area (Å²) < 4.78 is 25.4. The molecule has 12 heteroatoms. The highest BCUT2D eigenvalue weighted by Crippen LogP contribution is 2.38. The minimum Gasteiger partial charge on any atom is -0.497 e. The summed E-state index contributed by atoms with van der Waals surface area (Å²) in [5, 5.41) is 0. The largest absolute Gasteiger partial charge is 0.497 e. The van der Waals surface area contributed by atoms with Crippen LogP contribution in [0.1, 0.15) is 37.9 Å². The molecule has 0 radical (unpaired) electrons. The molecular formula is C27H24I2N2O7S. The van der Waals surface area contributed by atoms with E-state index in [2.05, 4.69) is 50.2 Å². The summed E-state index contributed by atoms with van der Waals surface area (Å²) in [5.41, 5.74) is 1.41. The van der Waals surface area contributed by atoms with Gasteiger partial charge in [0.2, 0.25) is 0 Å².